The first-order valence-corrected chi connectivity index (χ1v) is 7.05. The van der Waals surface area contributed by atoms with Gasteiger partial charge in [-0.2, -0.15) is 8.42 Å². The Hall–Kier alpha value is 0.530. The van der Waals surface area contributed by atoms with E-state index in [-0.39, 0.29) is 0 Å². The first-order valence-electron chi connectivity index (χ1n) is 3.91. The van der Waals surface area contributed by atoms with Gasteiger partial charge in [0.1, 0.15) is 0 Å². The second kappa shape index (κ2) is 8.14. The molecule has 0 aliphatic heterocycles. The quantitative estimate of drug-likeness (QED) is 0.701. The predicted molar refractivity (Wildman–Crippen MR) is 55.0 cm³/mol. The summed E-state index contributed by atoms with van der Waals surface area (Å²) in [5.41, 5.74) is 0. The topological polar surface area (TPSA) is 34.1 Å². The summed E-state index contributed by atoms with van der Waals surface area (Å²) in [6.07, 6.45) is 4.15. The third-order valence-electron chi connectivity index (χ3n) is 1.14. The number of unbranched alkanes of at least 4 members (excludes halogenated alkanes) is 1. The fourth-order valence-corrected chi connectivity index (χ4v) is 0.612. The van der Waals surface area contributed by atoms with Crippen LogP contribution in [-0.2, 0) is 8.26 Å². The maximum Gasteiger partial charge on any atom is 0.317 e. The SMILES string of the molecule is CCCCC(C)C.O=S(=O)(Cl)Cl. The molecule has 0 heterocycles. The zero-order valence-electron chi connectivity index (χ0n) is 7.68. The second-order valence-corrected chi connectivity index (χ2v) is 6.58. The van der Waals surface area contributed by atoms with Gasteiger partial charge in [0.05, 0.1) is 0 Å². The fraction of sp³-hybridized carbons (Fsp3) is 1.00. The molecule has 0 aromatic rings. The van der Waals surface area contributed by atoms with Crippen LogP contribution in [0.1, 0.15) is 40.0 Å². The lowest BCUT2D eigenvalue weighted by molar-refractivity contribution is 0.550. The fourth-order valence-electron chi connectivity index (χ4n) is 0.612. The number of hydrogen-bond acceptors (Lipinski definition) is 2. The van der Waals surface area contributed by atoms with Gasteiger partial charge in [-0.15, -0.1) is 0 Å². The molecule has 0 saturated heterocycles. The molecule has 5 heteroatoms. The Morgan fingerprint density at radius 1 is 1.25 bits per heavy atom. The van der Waals surface area contributed by atoms with Gasteiger partial charge < -0.3 is 0 Å². The van der Waals surface area contributed by atoms with Crippen LogP contribution < -0.4 is 0 Å². The standard InChI is InChI=1S/C7H16.Cl2O2S/c1-4-5-6-7(2)3;1-5(2,3)4/h7H,4-6H2,1-3H3;. The van der Waals surface area contributed by atoms with E-state index in [0.29, 0.717) is 0 Å². The zero-order valence-corrected chi connectivity index (χ0v) is 10.0. The Kier molecular flexibility index (Phi) is 10.2. The summed E-state index contributed by atoms with van der Waals surface area (Å²) in [4.78, 5) is 0. The van der Waals surface area contributed by atoms with E-state index in [4.69, 9.17) is 8.42 Å². The van der Waals surface area contributed by atoms with E-state index < -0.39 is 8.26 Å². The summed E-state index contributed by atoms with van der Waals surface area (Å²) in [5.74, 6) is 0.903. The van der Waals surface area contributed by atoms with Crippen molar-refractivity contribution in [2.24, 2.45) is 5.92 Å². The van der Waals surface area contributed by atoms with Crippen molar-refractivity contribution in [2.45, 2.75) is 40.0 Å². The predicted octanol–water partition coefficient (Wildman–Crippen LogP) is 3.54. The van der Waals surface area contributed by atoms with E-state index in [1.54, 1.807) is 0 Å². The minimum Gasteiger partial charge on any atom is -0.195 e. The van der Waals surface area contributed by atoms with Crippen LogP contribution in [0.2, 0.25) is 0 Å². The molecule has 0 aliphatic carbocycles. The Bertz CT molecular complexity index is 168. The molecule has 12 heavy (non-hydrogen) atoms. The van der Waals surface area contributed by atoms with Crippen molar-refractivity contribution in [3.63, 3.8) is 0 Å². The monoisotopic (exact) mass is 234 g/mol. The highest BCUT2D eigenvalue weighted by atomic mass is 36.0. The van der Waals surface area contributed by atoms with Gasteiger partial charge >= 0.3 is 8.26 Å². The number of rotatable bonds is 3. The molecule has 0 spiro atoms. The van der Waals surface area contributed by atoms with Crippen LogP contribution >= 0.6 is 21.4 Å². The maximum atomic E-state index is 9.16. The lowest BCUT2D eigenvalue weighted by atomic mass is 10.1. The molecule has 0 N–H and O–H groups in total. The molecular weight excluding hydrogens is 219 g/mol. The van der Waals surface area contributed by atoms with Crippen molar-refractivity contribution in [3.8, 4) is 0 Å². The van der Waals surface area contributed by atoms with Crippen molar-refractivity contribution < 1.29 is 8.42 Å². The molecule has 0 unspecified atom stereocenters. The molecule has 0 aromatic heterocycles. The van der Waals surface area contributed by atoms with Gasteiger partial charge in [0, 0.05) is 21.4 Å². The zero-order chi connectivity index (χ0) is 10.2. The molecule has 76 valence electrons. The number of hydrogen-bond donors (Lipinski definition) is 0. The van der Waals surface area contributed by atoms with Crippen molar-refractivity contribution >= 4 is 29.6 Å². The van der Waals surface area contributed by atoms with Gasteiger partial charge in [-0.25, -0.2) is 0 Å². The minimum atomic E-state index is -3.72. The highest BCUT2D eigenvalue weighted by Crippen LogP contribution is 2.04. The van der Waals surface area contributed by atoms with Gasteiger partial charge in [0.25, 0.3) is 0 Å². The van der Waals surface area contributed by atoms with Crippen molar-refractivity contribution in [1.82, 2.24) is 0 Å². The lowest BCUT2D eigenvalue weighted by Gasteiger charge is -1.98. The maximum absolute atomic E-state index is 9.16. The van der Waals surface area contributed by atoms with Gasteiger partial charge in [-0.1, -0.05) is 40.0 Å². The normalized spacial score (nSPS) is 10.8. The van der Waals surface area contributed by atoms with Gasteiger partial charge in [0.15, 0.2) is 0 Å². The summed E-state index contributed by atoms with van der Waals surface area (Å²) in [6.45, 7) is 6.79. The highest BCUT2D eigenvalue weighted by Gasteiger charge is 1.89. The summed E-state index contributed by atoms with van der Waals surface area (Å²) in [7, 11) is 4.81. The van der Waals surface area contributed by atoms with E-state index in [1.165, 1.54) is 19.3 Å². The smallest absolute Gasteiger partial charge is 0.195 e. The molecule has 0 fully saturated rings. The van der Waals surface area contributed by atoms with E-state index in [1.807, 2.05) is 0 Å². The minimum absolute atomic E-state index is 0.903. The molecule has 0 saturated carbocycles. The molecule has 0 amide bonds. The molecule has 0 bridgehead atoms. The number of halogens is 2. The Morgan fingerprint density at radius 3 is 1.67 bits per heavy atom. The third kappa shape index (κ3) is 46.6. The van der Waals surface area contributed by atoms with Crippen LogP contribution in [0.4, 0.5) is 0 Å². The molecule has 0 atom stereocenters. The van der Waals surface area contributed by atoms with Crippen LogP contribution in [0.15, 0.2) is 0 Å². The van der Waals surface area contributed by atoms with Crippen LogP contribution in [-0.4, -0.2) is 8.42 Å². The summed E-state index contributed by atoms with van der Waals surface area (Å²) < 4.78 is 18.3. The largest absolute Gasteiger partial charge is 0.317 e. The average Bonchev–Trinajstić information content (AvgIpc) is 1.79. The van der Waals surface area contributed by atoms with Gasteiger partial charge in [0.2, 0.25) is 0 Å². The molecular formula is C7H16Cl2O2S. The Balaban J connectivity index is 0. The van der Waals surface area contributed by atoms with Crippen molar-refractivity contribution in [1.29, 1.82) is 0 Å². The molecule has 2 nitrogen and oxygen atoms in total. The van der Waals surface area contributed by atoms with E-state index in [0.717, 1.165) is 5.92 Å². The lowest BCUT2D eigenvalue weighted by Crippen LogP contribution is -1.83. The third-order valence-corrected chi connectivity index (χ3v) is 1.14. The van der Waals surface area contributed by atoms with Crippen molar-refractivity contribution in [2.75, 3.05) is 0 Å². The molecule has 0 aliphatic rings. The summed E-state index contributed by atoms with van der Waals surface area (Å²) >= 11 is 0. The molecule has 0 radical (unpaired) electrons. The van der Waals surface area contributed by atoms with Gasteiger partial charge in [-0.05, 0) is 5.92 Å². The van der Waals surface area contributed by atoms with E-state index in [9.17, 15) is 0 Å². The van der Waals surface area contributed by atoms with E-state index in [2.05, 4.69) is 42.1 Å². The first-order chi connectivity index (χ1) is 5.27. The van der Waals surface area contributed by atoms with Crippen LogP contribution in [0.5, 0.6) is 0 Å². The first kappa shape index (κ1) is 15.0. The Labute approximate surface area is 84.2 Å². The van der Waals surface area contributed by atoms with Gasteiger partial charge in [-0.3, -0.25) is 0 Å². The summed E-state index contributed by atoms with van der Waals surface area (Å²) in [6, 6.07) is 0. The molecule has 0 aromatic carbocycles. The van der Waals surface area contributed by atoms with Crippen LogP contribution in [0.3, 0.4) is 0 Å². The van der Waals surface area contributed by atoms with Crippen LogP contribution in [0, 0.1) is 5.92 Å². The molecule has 0 rings (SSSR count). The Morgan fingerprint density at radius 2 is 1.58 bits per heavy atom. The average molecular weight is 235 g/mol. The highest BCUT2D eigenvalue weighted by molar-refractivity contribution is 8.31. The van der Waals surface area contributed by atoms with E-state index >= 15 is 0 Å². The second-order valence-electron chi connectivity index (χ2n) is 2.91. The van der Waals surface area contributed by atoms with Crippen LogP contribution in [0.25, 0.3) is 0 Å². The van der Waals surface area contributed by atoms with Crippen molar-refractivity contribution in [3.05, 3.63) is 0 Å². The summed E-state index contributed by atoms with van der Waals surface area (Å²) in [5, 5.41) is 0.